The zero-order chi connectivity index (χ0) is 31.8. The average molecular weight is 644 g/mol. The Balaban J connectivity index is 0.892. The van der Waals surface area contributed by atoms with Crippen molar-refractivity contribution in [2.24, 2.45) is 0 Å². The predicted octanol–water partition coefficient (Wildman–Crippen LogP) is 3.32. The highest BCUT2D eigenvalue weighted by molar-refractivity contribution is 6.30. The number of anilines is 2. The Morgan fingerprint density at radius 2 is 1.72 bits per heavy atom. The Morgan fingerprint density at radius 3 is 2.43 bits per heavy atom. The number of likely N-dealkylation sites (tertiary alicyclic amines) is 1. The van der Waals surface area contributed by atoms with Crippen molar-refractivity contribution in [2.75, 3.05) is 36.4 Å². The maximum absolute atomic E-state index is 13.1. The van der Waals surface area contributed by atoms with E-state index in [1.54, 1.807) is 17.3 Å². The standard InChI is InChI=1S/C34H38ClN7O4/c35-25-16-36-34(37-17-25)38-28-11-14-41(20-30(28)43)26-4-1-21(2-5-26)18-40-12-9-22(10-13-40)23-3-6-27-24(15-23)19-42(33(27)46)29-7-8-31(44)39-32(29)45/h1-6,15-17,22,28-30,43H,7-14,18-20H2,(H,36,37,38)(H,39,44,45)/t28-,29?,30-/m1/s1. The van der Waals surface area contributed by atoms with Gasteiger partial charge in [-0.25, -0.2) is 9.97 Å². The van der Waals surface area contributed by atoms with Crippen LogP contribution < -0.4 is 15.5 Å². The lowest BCUT2D eigenvalue weighted by Gasteiger charge is -2.37. The van der Waals surface area contributed by atoms with E-state index in [1.165, 1.54) is 11.1 Å². The van der Waals surface area contributed by atoms with Crippen molar-refractivity contribution in [3.8, 4) is 0 Å². The van der Waals surface area contributed by atoms with E-state index in [0.29, 0.717) is 42.0 Å². The minimum Gasteiger partial charge on any atom is -0.389 e. The Kier molecular flexibility index (Phi) is 8.63. The number of imide groups is 1. The number of hydrogen-bond acceptors (Lipinski definition) is 9. The minimum absolute atomic E-state index is 0.119. The van der Waals surface area contributed by atoms with Crippen LogP contribution in [-0.2, 0) is 22.7 Å². The van der Waals surface area contributed by atoms with Gasteiger partial charge in [0.2, 0.25) is 17.8 Å². The molecule has 3 aromatic rings. The number of carbonyl (C=O) groups is 3. The van der Waals surface area contributed by atoms with Crippen molar-refractivity contribution in [3.63, 3.8) is 0 Å². The first-order valence-corrected chi connectivity index (χ1v) is 16.4. The summed E-state index contributed by atoms with van der Waals surface area (Å²) in [5.74, 6) is 0.122. The summed E-state index contributed by atoms with van der Waals surface area (Å²) in [6, 6.07) is 14.1. The van der Waals surface area contributed by atoms with Gasteiger partial charge < -0.3 is 20.2 Å². The molecule has 0 aliphatic carbocycles. The second-order valence-corrected chi connectivity index (χ2v) is 13.2. The summed E-state index contributed by atoms with van der Waals surface area (Å²) >= 11 is 5.88. The van der Waals surface area contributed by atoms with Crippen molar-refractivity contribution in [2.45, 2.75) is 69.3 Å². The molecule has 5 heterocycles. The van der Waals surface area contributed by atoms with Crippen LogP contribution in [0.2, 0.25) is 5.02 Å². The number of carbonyl (C=O) groups excluding carboxylic acids is 3. The van der Waals surface area contributed by atoms with Crippen LogP contribution in [0.4, 0.5) is 11.6 Å². The number of nitrogens with one attached hydrogen (secondary N) is 2. The second kappa shape index (κ2) is 13.0. The van der Waals surface area contributed by atoms with Crippen LogP contribution in [0.3, 0.4) is 0 Å². The monoisotopic (exact) mass is 643 g/mol. The van der Waals surface area contributed by atoms with Crippen molar-refractivity contribution < 1.29 is 19.5 Å². The molecular formula is C34H38ClN7O4. The number of fused-ring (bicyclic) bond motifs is 1. The molecule has 12 heteroatoms. The second-order valence-electron chi connectivity index (χ2n) is 12.8. The molecule has 3 N–H and O–H groups in total. The van der Waals surface area contributed by atoms with E-state index in [9.17, 15) is 19.5 Å². The molecule has 3 atom stereocenters. The van der Waals surface area contributed by atoms with Gasteiger partial charge in [0.1, 0.15) is 6.04 Å². The minimum atomic E-state index is -0.587. The highest BCUT2D eigenvalue weighted by atomic mass is 35.5. The van der Waals surface area contributed by atoms with Gasteiger partial charge >= 0.3 is 0 Å². The highest BCUT2D eigenvalue weighted by Gasteiger charge is 2.39. The molecule has 4 aliphatic heterocycles. The fraction of sp³-hybridized carbons (Fsp3) is 0.441. The van der Waals surface area contributed by atoms with E-state index in [1.807, 2.05) is 6.07 Å². The molecule has 11 nitrogen and oxygen atoms in total. The van der Waals surface area contributed by atoms with Gasteiger partial charge in [-0.05, 0) is 79.6 Å². The predicted molar refractivity (Wildman–Crippen MR) is 173 cm³/mol. The third-order valence-corrected chi connectivity index (χ3v) is 10.0. The maximum Gasteiger partial charge on any atom is 0.255 e. The number of aliphatic hydroxyl groups is 1. The molecule has 0 spiro atoms. The van der Waals surface area contributed by atoms with Crippen LogP contribution in [-0.4, -0.2) is 87.0 Å². The van der Waals surface area contributed by atoms with Gasteiger partial charge in [0, 0.05) is 43.9 Å². The average Bonchev–Trinajstić information content (AvgIpc) is 3.39. The first-order chi connectivity index (χ1) is 22.3. The molecule has 3 amide bonds. The van der Waals surface area contributed by atoms with Crippen molar-refractivity contribution >= 4 is 41.0 Å². The Hall–Kier alpha value is -4.06. The molecule has 3 saturated heterocycles. The van der Waals surface area contributed by atoms with Gasteiger partial charge in [0.25, 0.3) is 5.91 Å². The third kappa shape index (κ3) is 6.44. The van der Waals surface area contributed by atoms with E-state index in [4.69, 9.17) is 11.6 Å². The molecule has 240 valence electrons. The fourth-order valence-corrected chi connectivity index (χ4v) is 7.33. The fourth-order valence-electron chi connectivity index (χ4n) is 7.23. The summed E-state index contributed by atoms with van der Waals surface area (Å²) < 4.78 is 0. The normalized spacial score (nSPS) is 24.2. The van der Waals surface area contributed by atoms with Gasteiger partial charge in [0.05, 0.1) is 29.6 Å². The zero-order valence-corrected chi connectivity index (χ0v) is 26.3. The molecule has 4 aliphatic rings. The highest BCUT2D eigenvalue weighted by Crippen LogP contribution is 2.34. The van der Waals surface area contributed by atoms with Crippen LogP contribution in [0.1, 0.15) is 65.1 Å². The molecule has 7 rings (SSSR count). The van der Waals surface area contributed by atoms with Crippen molar-refractivity contribution in [1.29, 1.82) is 0 Å². The number of β-amino-alcohol motifs (C(OH)–C–C–N with tert-alkyl or cyclic N) is 1. The molecule has 1 unspecified atom stereocenters. The molecule has 0 radical (unpaired) electrons. The number of amides is 3. The van der Waals surface area contributed by atoms with Crippen molar-refractivity contribution in [1.82, 2.24) is 25.1 Å². The SMILES string of the molecule is O=C1CCC(N2Cc3cc(C4CCN(Cc5ccc(N6CC[C@@H](Nc7ncc(Cl)cn7)[C@H](O)C6)cc5)CC4)ccc3C2=O)C(=O)N1. The number of aromatic nitrogens is 2. The van der Waals surface area contributed by atoms with Gasteiger partial charge in [0.15, 0.2) is 0 Å². The number of aliphatic hydroxyl groups excluding tert-OH is 1. The number of rotatable bonds is 7. The Labute approximate surface area is 272 Å². The van der Waals surface area contributed by atoms with Crippen LogP contribution in [0.15, 0.2) is 54.9 Å². The summed E-state index contributed by atoms with van der Waals surface area (Å²) in [6.07, 6.45) is 6.03. The molecule has 2 aromatic carbocycles. The van der Waals surface area contributed by atoms with Crippen LogP contribution >= 0.6 is 11.6 Å². The lowest BCUT2D eigenvalue weighted by atomic mass is 9.87. The molecule has 46 heavy (non-hydrogen) atoms. The first kappa shape index (κ1) is 30.6. The zero-order valence-electron chi connectivity index (χ0n) is 25.6. The molecule has 1 aromatic heterocycles. The van der Waals surface area contributed by atoms with Gasteiger partial charge in [-0.3, -0.25) is 24.6 Å². The third-order valence-electron chi connectivity index (χ3n) is 9.83. The quantitative estimate of drug-likeness (QED) is 0.332. The summed E-state index contributed by atoms with van der Waals surface area (Å²) in [5, 5.41) is 16.9. The van der Waals surface area contributed by atoms with E-state index < -0.39 is 12.1 Å². The van der Waals surface area contributed by atoms with Gasteiger partial charge in [-0.15, -0.1) is 0 Å². The summed E-state index contributed by atoms with van der Waals surface area (Å²) in [4.78, 5) is 51.7. The van der Waals surface area contributed by atoms with Crippen LogP contribution in [0, 0.1) is 0 Å². The molecular weight excluding hydrogens is 606 g/mol. The number of halogens is 1. The number of nitrogens with zero attached hydrogens (tertiary/aromatic N) is 5. The lowest BCUT2D eigenvalue weighted by molar-refractivity contribution is -0.136. The Bertz CT molecular complexity index is 1610. The summed E-state index contributed by atoms with van der Waals surface area (Å²) in [7, 11) is 0. The number of hydrogen-bond donors (Lipinski definition) is 3. The maximum atomic E-state index is 13.1. The molecule has 0 saturated carbocycles. The molecule has 0 bridgehead atoms. The van der Waals surface area contributed by atoms with E-state index >= 15 is 0 Å². The van der Waals surface area contributed by atoms with Crippen LogP contribution in [0.25, 0.3) is 0 Å². The first-order valence-electron chi connectivity index (χ1n) is 16.1. The topological polar surface area (TPSA) is 131 Å². The summed E-state index contributed by atoms with van der Waals surface area (Å²) in [5.41, 5.74) is 5.26. The number of benzene rings is 2. The Morgan fingerprint density at radius 1 is 0.957 bits per heavy atom. The molecule has 3 fully saturated rings. The largest absolute Gasteiger partial charge is 0.389 e. The van der Waals surface area contributed by atoms with E-state index in [-0.39, 0.29) is 30.2 Å². The van der Waals surface area contributed by atoms with Crippen LogP contribution in [0.5, 0.6) is 0 Å². The van der Waals surface area contributed by atoms with E-state index in [2.05, 4.69) is 66.8 Å². The van der Waals surface area contributed by atoms with E-state index in [0.717, 1.165) is 56.7 Å². The van der Waals surface area contributed by atoms with Gasteiger partial charge in [-0.1, -0.05) is 35.9 Å². The van der Waals surface area contributed by atoms with Gasteiger partial charge in [-0.2, -0.15) is 0 Å². The van der Waals surface area contributed by atoms with Crippen molar-refractivity contribution in [3.05, 3.63) is 82.1 Å². The smallest absolute Gasteiger partial charge is 0.255 e. The lowest BCUT2D eigenvalue weighted by Crippen LogP contribution is -2.52. The summed E-state index contributed by atoms with van der Waals surface area (Å²) in [6.45, 7) is 4.65. The number of piperidine rings is 3.